The molecule has 0 aromatic carbocycles. The van der Waals surface area contributed by atoms with Gasteiger partial charge in [0.25, 0.3) is 0 Å². The van der Waals surface area contributed by atoms with Crippen molar-refractivity contribution >= 4 is 8.07 Å². The van der Waals surface area contributed by atoms with Crippen LogP contribution in [0.2, 0.25) is 25.7 Å². The second-order valence-electron chi connectivity index (χ2n) is 8.76. The minimum atomic E-state index is -1.58. The van der Waals surface area contributed by atoms with E-state index in [-0.39, 0.29) is 6.61 Å². The summed E-state index contributed by atoms with van der Waals surface area (Å²) in [5.74, 6) is 1.03. The summed E-state index contributed by atoms with van der Waals surface area (Å²) >= 11 is 0. The molecule has 0 radical (unpaired) electrons. The van der Waals surface area contributed by atoms with Crippen LogP contribution in [-0.4, -0.2) is 55.3 Å². The van der Waals surface area contributed by atoms with Crippen LogP contribution in [0, 0.1) is 12.3 Å². The molecule has 0 aromatic heterocycles. The van der Waals surface area contributed by atoms with Gasteiger partial charge in [0, 0.05) is 8.07 Å². The lowest BCUT2D eigenvalue weighted by molar-refractivity contribution is -0.347. The lowest BCUT2D eigenvalue weighted by Crippen LogP contribution is -2.64. The van der Waals surface area contributed by atoms with E-state index in [0.29, 0.717) is 6.04 Å². The van der Waals surface area contributed by atoms with Gasteiger partial charge in [-0.15, -0.1) is 6.42 Å². The SMILES string of the molecule is C#C[C@@H]1OC(C)(C)O[C@H]1[C@@H]1OC(C)(C)OCC1(O)C[Si](C)(C)C. The molecule has 2 rings (SSSR count). The fraction of sp³-hybridized carbons (Fsp3) is 0.882. The zero-order valence-corrected chi connectivity index (χ0v) is 16.3. The standard InChI is InChI=1S/C17H30O5Si/c1-9-12-13(21-16(4,5)20-12)14-17(18,11-23(6,7)8)10-19-15(2,3)22-14/h1,12-14,18H,10-11H2,2-8H3/t12-,13+,14-,17?/m0/s1. The molecular formula is C17H30O5Si. The minimum Gasteiger partial charge on any atom is -0.385 e. The molecule has 0 saturated carbocycles. The second-order valence-corrected chi connectivity index (χ2v) is 14.2. The molecule has 0 aliphatic carbocycles. The predicted octanol–water partition coefficient (Wildman–Crippen LogP) is 2.36. The van der Waals surface area contributed by atoms with E-state index in [9.17, 15) is 5.11 Å². The largest absolute Gasteiger partial charge is 0.385 e. The second kappa shape index (κ2) is 5.83. The zero-order chi connectivity index (χ0) is 17.7. The average Bonchev–Trinajstić information content (AvgIpc) is 2.66. The highest BCUT2D eigenvalue weighted by molar-refractivity contribution is 6.76. The van der Waals surface area contributed by atoms with Gasteiger partial charge >= 0.3 is 0 Å². The summed E-state index contributed by atoms with van der Waals surface area (Å²) in [6.45, 7) is 14.1. The monoisotopic (exact) mass is 342 g/mol. The van der Waals surface area contributed by atoms with Crippen molar-refractivity contribution in [3.8, 4) is 12.3 Å². The van der Waals surface area contributed by atoms with E-state index in [2.05, 4.69) is 25.6 Å². The van der Waals surface area contributed by atoms with Crippen LogP contribution in [0.25, 0.3) is 0 Å². The number of hydrogen-bond acceptors (Lipinski definition) is 5. The van der Waals surface area contributed by atoms with Crippen molar-refractivity contribution in [3.05, 3.63) is 0 Å². The molecule has 5 nitrogen and oxygen atoms in total. The molecule has 1 N–H and O–H groups in total. The van der Waals surface area contributed by atoms with E-state index >= 15 is 0 Å². The highest BCUT2D eigenvalue weighted by Gasteiger charge is 2.57. The lowest BCUT2D eigenvalue weighted by Gasteiger charge is -2.49. The van der Waals surface area contributed by atoms with Gasteiger partial charge < -0.3 is 24.1 Å². The first-order valence-electron chi connectivity index (χ1n) is 8.13. The lowest BCUT2D eigenvalue weighted by atomic mass is 9.90. The molecule has 0 aromatic rings. The van der Waals surface area contributed by atoms with Gasteiger partial charge in [0.15, 0.2) is 11.6 Å². The normalized spacial score (nSPS) is 39.9. The Morgan fingerprint density at radius 2 is 1.70 bits per heavy atom. The Hall–Kier alpha value is -0.423. The van der Waals surface area contributed by atoms with E-state index < -0.39 is 43.6 Å². The molecule has 132 valence electrons. The van der Waals surface area contributed by atoms with Crippen molar-refractivity contribution in [1.29, 1.82) is 0 Å². The zero-order valence-electron chi connectivity index (χ0n) is 15.3. The fourth-order valence-electron chi connectivity index (χ4n) is 3.41. The summed E-state index contributed by atoms with van der Waals surface area (Å²) in [4.78, 5) is 0. The van der Waals surface area contributed by atoms with Crippen LogP contribution in [0.5, 0.6) is 0 Å². The Bertz CT molecular complexity index is 490. The molecule has 6 heteroatoms. The van der Waals surface area contributed by atoms with Crippen LogP contribution in [0.15, 0.2) is 0 Å². The molecule has 2 heterocycles. The first kappa shape index (κ1) is 18.9. The van der Waals surface area contributed by atoms with Gasteiger partial charge in [-0.1, -0.05) is 25.6 Å². The molecule has 1 unspecified atom stereocenters. The van der Waals surface area contributed by atoms with E-state index in [0.717, 1.165) is 0 Å². The van der Waals surface area contributed by atoms with Gasteiger partial charge in [-0.2, -0.15) is 0 Å². The molecule has 2 fully saturated rings. The summed E-state index contributed by atoms with van der Waals surface area (Å²) in [7, 11) is -1.58. The molecule has 0 spiro atoms. The Labute approximate surface area is 140 Å². The third kappa shape index (κ3) is 4.35. The molecule has 0 amide bonds. The van der Waals surface area contributed by atoms with Gasteiger partial charge in [-0.25, -0.2) is 0 Å². The Morgan fingerprint density at radius 1 is 1.09 bits per heavy atom. The minimum absolute atomic E-state index is 0.201. The first-order chi connectivity index (χ1) is 10.3. The van der Waals surface area contributed by atoms with Crippen molar-refractivity contribution in [2.75, 3.05) is 6.61 Å². The summed E-state index contributed by atoms with van der Waals surface area (Å²) in [5.41, 5.74) is -1.14. The quantitative estimate of drug-likeness (QED) is 0.630. The number of ether oxygens (including phenoxy) is 4. The van der Waals surface area contributed by atoms with Gasteiger partial charge in [0.1, 0.15) is 23.9 Å². The van der Waals surface area contributed by atoms with E-state index in [1.54, 1.807) is 0 Å². The third-order valence-corrected chi connectivity index (χ3v) is 5.71. The summed E-state index contributed by atoms with van der Waals surface area (Å²) < 4.78 is 23.6. The highest BCUT2D eigenvalue weighted by atomic mass is 28.3. The summed E-state index contributed by atoms with van der Waals surface area (Å²) in [5, 5.41) is 11.3. The van der Waals surface area contributed by atoms with Crippen molar-refractivity contribution < 1.29 is 24.1 Å². The predicted molar refractivity (Wildman–Crippen MR) is 90.7 cm³/mol. The average molecular weight is 343 g/mol. The number of rotatable bonds is 3. The molecule has 23 heavy (non-hydrogen) atoms. The highest BCUT2D eigenvalue weighted by Crippen LogP contribution is 2.41. The smallest absolute Gasteiger partial charge is 0.165 e. The molecule has 2 saturated heterocycles. The maximum atomic E-state index is 11.3. The van der Waals surface area contributed by atoms with Crippen LogP contribution in [0.4, 0.5) is 0 Å². The summed E-state index contributed by atoms with van der Waals surface area (Å²) in [6, 6.07) is 0.637. The summed E-state index contributed by atoms with van der Waals surface area (Å²) in [6.07, 6.45) is 3.94. The van der Waals surface area contributed by atoms with Crippen LogP contribution in [0.1, 0.15) is 27.7 Å². The Kier molecular flexibility index (Phi) is 4.80. The molecular weight excluding hydrogens is 312 g/mol. The van der Waals surface area contributed by atoms with Gasteiger partial charge in [-0.3, -0.25) is 0 Å². The van der Waals surface area contributed by atoms with E-state index in [4.69, 9.17) is 25.4 Å². The van der Waals surface area contributed by atoms with Crippen molar-refractivity contribution in [2.24, 2.45) is 0 Å². The number of hydrogen-bond donors (Lipinski definition) is 1. The molecule has 4 atom stereocenters. The van der Waals surface area contributed by atoms with Crippen LogP contribution in [0.3, 0.4) is 0 Å². The van der Waals surface area contributed by atoms with Crippen LogP contribution >= 0.6 is 0 Å². The van der Waals surface area contributed by atoms with Crippen molar-refractivity contribution in [1.82, 2.24) is 0 Å². The molecule has 2 aliphatic heterocycles. The van der Waals surface area contributed by atoms with Crippen molar-refractivity contribution in [3.63, 3.8) is 0 Å². The van der Waals surface area contributed by atoms with E-state index in [1.807, 2.05) is 27.7 Å². The third-order valence-electron chi connectivity index (χ3n) is 4.04. The topological polar surface area (TPSA) is 57.2 Å². The first-order valence-corrected chi connectivity index (χ1v) is 11.8. The van der Waals surface area contributed by atoms with Gasteiger partial charge in [0.2, 0.25) is 0 Å². The van der Waals surface area contributed by atoms with Crippen LogP contribution in [-0.2, 0) is 18.9 Å². The fourth-order valence-corrected chi connectivity index (χ4v) is 5.55. The number of aliphatic hydroxyl groups is 1. The maximum Gasteiger partial charge on any atom is 0.165 e. The Balaban J connectivity index is 2.34. The van der Waals surface area contributed by atoms with Crippen LogP contribution < -0.4 is 0 Å². The molecule has 0 bridgehead atoms. The van der Waals surface area contributed by atoms with Crippen molar-refractivity contribution in [2.45, 2.75) is 88.9 Å². The number of terminal acetylenes is 1. The molecule has 2 aliphatic rings. The van der Waals surface area contributed by atoms with Gasteiger partial charge in [-0.05, 0) is 33.7 Å². The van der Waals surface area contributed by atoms with Gasteiger partial charge in [0.05, 0.1) is 6.61 Å². The van der Waals surface area contributed by atoms with E-state index in [1.165, 1.54) is 0 Å². The Morgan fingerprint density at radius 3 is 2.22 bits per heavy atom. The maximum absolute atomic E-state index is 11.3.